The lowest BCUT2D eigenvalue weighted by Crippen LogP contribution is -2.07. The number of rotatable bonds is 15. The van der Waals surface area contributed by atoms with Crippen LogP contribution in [0.15, 0.2) is 0 Å². The van der Waals surface area contributed by atoms with Gasteiger partial charge >= 0.3 is 0 Å². The monoisotopic (exact) mass is 446 g/mol. The number of hydrogen-bond donors (Lipinski definition) is 0. The Morgan fingerprint density at radius 1 is 0.650 bits per heavy atom. The molecule has 0 aliphatic rings. The molecule has 0 aromatic rings. The van der Waals surface area contributed by atoms with E-state index >= 15 is 0 Å². The molecule has 0 nitrogen and oxygen atoms in total. The summed E-state index contributed by atoms with van der Waals surface area (Å²) in [5.74, 6) is 0. The zero-order valence-corrected chi connectivity index (χ0v) is 18.0. The first-order chi connectivity index (χ1) is 9.78. The van der Waals surface area contributed by atoms with Gasteiger partial charge in [0.15, 0.2) is 0 Å². The van der Waals surface area contributed by atoms with Crippen molar-refractivity contribution in [3.8, 4) is 0 Å². The standard InChI is InChI=1S/C16H32Br2S2/c1-3-5-7-9-11-15(13-17)19-20-16(14-18)12-10-8-6-4-2/h15-16H,3-14H2,1-2H3. The van der Waals surface area contributed by atoms with Crippen LogP contribution in [0.3, 0.4) is 0 Å². The van der Waals surface area contributed by atoms with Crippen LogP contribution in [-0.4, -0.2) is 21.2 Å². The van der Waals surface area contributed by atoms with E-state index in [1.54, 1.807) is 0 Å². The molecular weight excluding hydrogens is 416 g/mol. The second-order valence-corrected chi connectivity index (χ2v) is 9.61. The van der Waals surface area contributed by atoms with E-state index in [0.717, 1.165) is 21.2 Å². The number of halogens is 2. The summed E-state index contributed by atoms with van der Waals surface area (Å²) >= 11 is 7.37. The average Bonchev–Trinajstić information content (AvgIpc) is 2.48. The Hall–Kier alpha value is 1.66. The quantitative estimate of drug-likeness (QED) is 0.142. The summed E-state index contributed by atoms with van der Waals surface area (Å²) in [5, 5.41) is 3.85. The lowest BCUT2D eigenvalue weighted by Gasteiger charge is -2.17. The highest BCUT2D eigenvalue weighted by molar-refractivity contribution is 9.09. The van der Waals surface area contributed by atoms with Crippen LogP contribution in [0, 0.1) is 0 Å². The van der Waals surface area contributed by atoms with Crippen molar-refractivity contribution in [1.82, 2.24) is 0 Å². The van der Waals surface area contributed by atoms with Gasteiger partial charge in [0.25, 0.3) is 0 Å². The third-order valence-corrected chi connectivity index (χ3v) is 9.28. The summed E-state index contributed by atoms with van der Waals surface area (Å²) in [5.41, 5.74) is 0. The zero-order chi connectivity index (χ0) is 15.1. The van der Waals surface area contributed by atoms with Crippen molar-refractivity contribution in [3.63, 3.8) is 0 Å². The third-order valence-electron chi connectivity index (χ3n) is 3.43. The summed E-state index contributed by atoms with van der Waals surface area (Å²) in [6.45, 7) is 4.57. The van der Waals surface area contributed by atoms with Gasteiger partial charge in [0.2, 0.25) is 0 Å². The van der Waals surface area contributed by atoms with E-state index in [0.29, 0.717) is 0 Å². The second kappa shape index (κ2) is 17.0. The molecule has 0 fully saturated rings. The molecule has 0 N–H and O–H groups in total. The fourth-order valence-electron chi connectivity index (χ4n) is 2.06. The van der Waals surface area contributed by atoms with E-state index in [4.69, 9.17) is 0 Å². The van der Waals surface area contributed by atoms with E-state index < -0.39 is 0 Å². The molecule has 0 saturated carbocycles. The molecule has 2 atom stereocenters. The Kier molecular flexibility index (Phi) is 18.4. The highest BCUT2D eigenvalue weighted by atomic mass is 79.9. The van der Waals surface area contributed by atoms with Crippen LogP contribution < -0.4 is 0 Å². The molecule has 0 aromatic carbocycles. The molecule has 0 bridgehead atoms. The van der Waals surface area contributed by atoms with E-state index in [9.17, 15) is 0 Å². The molecule has 0 aromatic heterocycles. The van der Waals surface area contributed by atoms with Crippen molar-refractivity contribution in [3.05, 3.63) is 0 Å². The maximum Gasteiger partial charge on any atom is 0.0248 e. The Morgan fingerprint density at radius 2 is 1.05 bits per heavy atom. The molecule has 0 heterocycles. The van der Waals surface area contributed by atoms with Gasteiger partial charge in [-0.3, -0.25) is 0 Å². The van der Waals surface area contributed by atoms with Crippen LogP contribution in [0.5, 0.6) is 0 Å². The topological polar surface area (TPSA) is 0 Å². The van der Waals surface area contributed by atoms with Crippen LogP contribution in [0.4, 0.5) is 0 Å². The highest BCUT2D eigenvalue weighted by Crippen LogP contribution is 2.37. The van der Waals surface area contributed by atoms with Gasteiger partial charge in [-0.1, -0.05) is 119 Å². The smallest absolute Gasteiger partial charge is 0.0248 e. The SMILES string of the molecule is CCCCCCC(CBr)SSC(CBr)CCCCCC. The Bertz CT molecular complexity index is 171. The van der Waals surface area contributed by atoms with Crippen molar-refractivity contribution < 1.29 is 0 Å². The Labute approximate surface area is 152 Å². The van der Waals surface area contributed by atoms with Crippen molar-refractivity contribution in [2.45, 2.75) is 88.6 Å². The molecule has 0 radical (unpaired) electrons. The molecule has 0 amide bonds. The fourth-order valence-corrected chi connectivity index (χ4v) is 7.42. The number of hydrogen-bond acceptors (Lipinski definition) is 2. The summed E-state index contributed by atoms with van der Waals surface area (Å²) < 4.78 is 0. The van der Waals surface area contributed by atoms with E-state index in [1.807, 2.05) is 0 Å². The van der Waals surface area contributed by atoms with E-state index in [2.05, 4.69) is 67.3 Å². The van der Waals surface area contributed by atoms with E-state index in [-0.39, 0.29) is 0 Å². The summed E-state index contributed by atoms with van der Waals surface area (Å²) in [6, 6.07) is 0. The maximum absolute atomic E-state index is 3.68. The fraction of sp³-hybridized carbons (Fsp3) is 1.00. The van der Waals surface area contributed by atoms with Gasteiger partial charge in [-0.25, -0.2) is 0 Å². The first-order valence-electron chi connectivity index (χ1n) is 8.22. The van der Waals surface area contributed by atoms with E-state index in [1.165, 1.54) is 64.2 Å². The van der Waals surface area contributed by atoms with Gasteiger partial charge in [0, 0.05) is 21.2 Å². The molecule has 0 aliphatic heterocycles. The molecule has 0 rings (SSSR count). The third kappa shape index (κ3) is 13.3. The summed E-state index contributed by atoms with van der Waals surface area (Å²) in [6.07, 6.45) is 13.8. The minimum absolute atomic E-state index is 0.786. The van der Waals surface area contributed by atoms with Crippen molar-refractivity contribution in [2.75, 3.05) is 10.7 Å². The van der Waals surface area contributed by atoms with Crippen LogP contribution >= 0.6 is 53.4 Å². The second-order valence-electron chi connectivity index (χ2n) is 5.44. The molecule has 0 aliphatic carbocycles. The Morgan fingerprint density at radius 3 is 1.35 bits per heavy atom. The summed E-state index contributed by atoms with van der Waals surface area (Å²) in [7, 11) is 4.23. The van der Waals surface area contributed by atoms with Crippen LogP contribution in [0.2, 0.25) is 0 Å². The van der Waals surface area contributed by atoms with Gasteiger partial charge in [0.05, 0.1) is 0 Å². The molecular formula is C16H32Br2S2. The lowest BCUT2D eigenvalue weighted by molar-refractivity contribution is 0.632. The maximum atomic E-state index is 3.68. The minimum atomic E-state index is 0.786. The lowest BCUT2D eigenvalue weighted by atomic mass is 10.1. The minimum Gasteiger partial charge on any atom is -0.0916 e. The zero-order valence-electron chi connectivity index (χ0n) is 13.2. The van der Waals surface area contributed by atoms with Gasteiger partial charge in [0.1, 0.15) is 0 Å². The van der Waals surface area contributed by atoms with Crippen LogP contribution in [0.1, 0.15) is 78.1 Å². The largest absolute Gasteiger partial charge is 0.0916 e. The number of alkyl halides is 2. The van der Waals surface area contributed by atoms with Gasteiger partial charge in [-0.2, -0.15) is 0 Å². The number of unbranched alkanes of at least 4 members (excludes halogenated alkanes) is 6. The first kappa shape index (κ1) is 21.7. The van der Waals surface area contributed by atoms with Crippen molar-refractivity contribution in [1.29, 1.82) is 0 Å². The molecule has 4 heteroatoms. The van der Waals surface area contributed by atoms with Crippen LogP contribution in [0.25, 0.3) is 0 Å². The molecule has 0 saturated heterocycles. The predicted octanol–water partition coefficient (Wildman–Crippen LogP) is 7.84. The highest BCUT2D eigenvalue weighted by Gasteiger charge is 2.13. The first-order valence-corrected chi connectivity index (χ1v) is 12.7. The van der Waals surface area contributed by atoms with Crippen molar-refractivity contribution >= 4 is 53.4 Å². The normalized spacial score (nSPS) is 14.4. The van der Waals surface area contributed by atoms with Gasteiger partial charge in [-0.05, 0) is 12.8 Å². The molecule has 20 heavy (non-hydrogen) atoms. The average molecular weight is 448 g/mol. The van der Waals surface area contributed by atoms with Crippen LogP contribution in [-0.2, 0) is 0 Å². The summed E-state index contributed by atoms with van der Waals surface area (Å²) in [4.78, 5) is 0. The van der Waals surface area contributed by atoms with Gasteiger partial charge in [-0.15, -0.1) is 0 Å². The van der Waals surface area contributed by atoms with Gasteiger partial charge < -0.3 is 0 Å². The Balaban J connectivity index is 3.70. The molecule has 122 valence electrons. The molecule has 0 spiro atoms. The molecule has 2 unspecified atom stereocenters. The predicted molar refractivity (Wildman–Crippen MR) is 108 cm³/mol. The van der Waals surface area contributed by atoms with Crippen molar-refractivity contribution in [2.24, 2.45) is 0 Å².